The van der Waals surface area contributed by atoms with Crippen LogP contribution in [0.1, 0.15) is 40.5 Å². The van der Waals surface area contributed by atoms with Crippen LogP contribution in [0.4, 0.5) is 0 Å². The lowest BCUT2D eigenvalue weighted by Crippen LogP contribution is -2.36. The number of rotatable bonds is 9. The summed E-state index contributed by atoms with van der Waals surface area (Å²) in [6.07, 6.45) is 4.00. The molecule has 0 bridgehead atoms. The third-order valence-corrected chi connectivity index (χ3v) is 6.48. The Labute approximate surface area is 214 Å². The molecule has 1 aliphatic rings. The molecule has 1 unspecified atom stereocenters. The zero-order valence-electron chi connectivity index (χ0n) is 20.9. The minimum absolute atomic E-state index is 0.166. The fourth-order valence-corrected chi connectivity index (χ4v) is 4.61. The van der Waals surface area contributed by atoms with Crippen molar-refractivity contribution < 1.29 is 14.3 Å². The Bertz CT molecular complexity index is 1340. The molecule has 1 atom stereocenters. The summed E-state index contributed by atoms with van der Waals surface area (Å²) < 4.78 is 13.7. The second kappa shape index (κ2) is 11.2. The molecule has 11 nitrogen and oxygen atoms in total. The van der Waals surface area contributed by atoms with Crippen LogP contribution in [0, 0.1) is 0 Å². The predicted molar refractivity (Wildman–Crippen MR) is 136 cm³/mol. The number of nitrogens with one attached hydrogen (secondary N) is 2. The van der Waals surface area contributed by atoms with Crippen LogP contribution < -0.4 is 14.8 Å². The second-order valence-electron chi connectivity index (χ2n) is 9.00. The lowest BCUT2D eigenvalue weighted by atomic mass is 10.0. The maximum absolute atomic E-state index is 11.9. The van der Waals surface area contributed by atoms with E-state index in [0.717, 1.165) is 49.2 Å². The molecule has 1 amide bonds. The summed E-state index contributed by atoms with van der Waals surface area (Å²) in [6.45, 7) is 3.06. The van der Waals surface area contributed by atoms with Crippen molar-refractivity contribution >= 4 is 5.91 Å². The van der Waals surface area contributed by atoms with Gasteiger partial charge in [0.05, 0.1) is 13.2 Å². The molecule has 2 N–H and O–H groups in total. The van der Waals surface area contributed by atoms with Crippen LogP contribution >= 0.6 is 0 Å². The maximum atomic E-state index is 11.9. The quantitative estimate of drug-likeness (QED) is 0.358. The monoisotopic (exact) mass is 502 g/mol. The van der Waals surface area contributed by atoms with Crippen LogP contribution in [0.2, 0.25) is 0 Å². The smallest absolute Gasteiger partial charge is 0.271 e. The Balaban J connectivity index is 1.21. The number of ether oxygens (including phenoxy) is 2. The molecule has 1 saturated heterocycles. The van der Waals surface area contributed by atoms with Gasteiger partial charge in [-0.05, 0) is 60.0 Å². The van der Waals surface area contributed by atoms with Gasteiger partial charge < -0.3 is 14.8 Å². The van der Waals surface area contributed by atoms with E-state index >= 15 is 0 Å². The molecule has 1 aliphatic heterocycles. The van der Waals surface area contributed by atoms with Gasteiger partial charge in [-0.2, -0.15) is 10.3 Å². The summed E-state index contributed by atoms with van der Waals surface area (Å²) in [4.78, 5) is 14.3. The number of piperidine rings is 1. The van der Waals surface area contributed by atoms with Crippen molar-refractivity contribution in [3.8, 4) is 22.9 Å². The van der Waals surface area contributed by atoms with Crippen molar-refractivity contribution in [2.24, 2.45) is 0 Å². The molecule has 37 heavy (non-hydrogen) atoms. The van der Waals surface area contributed by atoms with Gasteiger partial charge in [0.2, 0.25) is 5.82 Å². The van der Waals surface area contributed by atoms with E-state index in [2.05, 4.69) is 42.0 Å². The fourth-order valence-electron chi connectivity index (χ4n) is 4.61. The zero-order chi connectivity index (χ0) is 25.6. The van der Waals surface area contributed by atoms with Gasteiger partial charge in [0.25, 0.3) is 5.91 Å². The molecular weight excluding hydrogens is 472 g/mol. The van der Waals surface area contributed by atoms with Gasteiger partial charge in [-0.3, -0.25) is 14.4 Å². The number of tetrazole rings is 1. The van der Waals surface area contributed by atoms with E-state index in [1.54, 1.807) is 20.2 Å². The van der Waals surface area contributed by atoms with E-state index < -0.39 is 0 Å². The highest BCUT2D eigenvalue weighted by Gasteiger charge is 2.23. The van der Waals surface area contributed by atoms with Gasteiger partial charge in [-0.1, -0.05) is 24.3 Å². The van der Waals surface area contributed by atoms with E-state index in [1.165, 1.54) is 0 Å². The van der Waals surface area contributed by atoms with Gasteiger partial charge in [0, 0.05) is 31.9 Å². The summed E-state index contributed by atoms with van der Waals surface area (Å²) in [5, 5.41) is 21.3. The van der Waals surface area contributed by atoms with Crippen molar-refractivity contribution in [3.63, 3.8) is 0 Å². The summed E-state index contributed by atoms with van der Waals surface area (Å²) in [5.41, 5.74) is 3.46. The topological polar surface area (TPSA) is 123 Å². The fraction of sp³-hybridized carbons (Fsp3) is 0.346. The summed E-state index contributed by atoms with van der Waals surface area (Å²) in [7, 11) is 3.27. The first kappa shape index (κ1) is 24.4. The summed E-state index contributed by atoms with van der Waals surface area (Å²) >= 11 is 0. The molecule has 0 spiro atoms. The average molecular weight is 503 g/mol. The molecule has 0 saturated carbocycles. The molecule has 192 valence electrons. The van der Waals surface area contributed by atoms with Crippen LogP contribution in [0.25, 0.3) is 11.4 Å². The Kier molecular flexibility index (Phi) is 7.41. The molecule has 11 heteroatoms. The highest BCUT2D eigenvalue weighted by molar-refractivity contribution is 5.91. The van der Waals surface area contributed by atoms with Crippen LogP contribution in [0.5, 0.6) is 11.5 Å². The largest absolute Gasteiger partial charge is 0.493 e. The number of hydrogen-bond donors (Lipinski definition) is 2. The lowest BCUT2D eigenvalue weighted by Gasteiger charge is -2.33. The maximum Gasteiger partial charge on any atom is 0.271 e. The molecule has 0 radical (unpaired) electrons. The normalized spacial score (nSPS) is 15.9. The first-order chi connectivity index (χ1) is 18.1. The molecular formula is C26H30N8O3. The number of likely N-dealkylation sites (tertiary alicyclic amines) is 1. The molecule has 2 aromatic carbocycles. The van der Waals surface area contributed by atoms with Crippen LogP contribution in [0.3, 0.4) is 0 Å². The van der Waals surface area contributed by atoms with Crippen LogP contribution in [-0.4, -0.2) is 68.5 Å². The van der Waals surface area contributed by atoms with E-state index in [1.807, 2.05) is 47.3 Å². The SMILES string of the molecule is CNC(=O)c1ccn(C2CCCN(Cc3ccc(OCc4cccc(-c5nn[nH]n5)c4)c(OC)c3)C2)n1. The Morgan fingerprint density at radius 3 is 2.89 bits per heavy atom. The van der Waals surface area contributed by atoms with Gasteiger partial charge in [-0.25, -0.2) is 0 Å². The van der Waals surface area contributed by atoms with Gasteiger partial charge in [0.1, 0.15) is 12.3 Å². The molecule has 2 aromatic heterocycles. The van der Waals surface area contributed by atoms with Crippen molar-refractivity contribution in [3.05, 3.63) is 71.5 Å². The summed E-state index contributed by atoms with van der Waals surface area (Å²) in [6, 6.07) is 15.9. The predicted octanol–water partition coefficient (Wildman–Crippen LogP) is 2.85. The number of nitrogens with zero attached hydrogens (tertiary/aromatic N) is 6. The molecule has 3 heterocycles. The first-order valence-corrected chi connectivity index (χ1v) is 12.2. The zero-order valence-corrected chi connectivity index (χ0v) is 20.9. The third-order valence-electron chi connectivity index (χ3n) is 6.48. The number of aromatic nitrogens is 6. The van der Waals surface area contributed by atoms with Crippen molar-refractivity contribution in [1.29, 1.82) is 0 Å². The summed E-state index contributed by atoms with van der Waals surface area (Å²) in [5.74, 6) is 1.76. The average Bonchev–Trinajstić information content (AvgIpc) is 3.65. The van der Waals surface area contributed by atoms with E-state index in [0.29, 0.717) is 29.6 Å². The minimum Gasteiger partial charge on any atom is -0.493 e. The van der Waals surface area contributed by atoms with Crippen molar-refractivity contribution in [2.75, 3.05) is 27.2 Å². The van der Waals surface area contributed by atoms with E-state index in [-0.39, 0.29) is 11.9 Å². The van der Waals surface area contributed by atoms with Gasteiger partial charge in [-0.15, -0.1) is 10.2 Å². The number of carbonyl (C=O) groups is 1. The Morgan fingerprint density at radius 1 is 1.16 bits per heavy atom. The lowest BCUT2D eigenvalue weighted by molar-refractivity contribution is 0.0955. The minimum atomic E-state index is -0.166. The van der Waals surface area contributed by atoms with Gasteiger partial charge >= 0.3 is 0 Å². The number of methoxy groups -OCH3 is 1. The number of hydrogen-bond acceptors (Lipinski definition) is 8. The molecule has 4 aromatic rings. The van der Waals surface area contributed by atoms with Gasteiger partial charge in [0.15, 0.2) is 11.5 Å². The molecule has 1 fully saturated rings. The third kappa shape index (κ3) is 5.78. The van der Waals surface area contributed by atoms with E-state index in [4.69, 9.17) is 9.47 Å². The van der Waals surface area contributed by atoms with Crippen molar-refractivity contribution in [1.82, 2.24) is 40.6 Å². The highest BCUT2D eigenvalue weighted by atomic mass is 16.5. The number of benzene rings is 2. The van der Waals surface area contributed by atoms with E-state index in [9.17, 15) is 4.79 Å². The number of carbonyl (C=O) groups excluding carboxylic acids is 1. The number of aromatic amines is 1. The number of amides is 1. The second-order valence-corrected chi connectivity index (χ2v) is 9.00. The molecule has 5 rings (SSSR count). The Hall–Kier alpha value is -4.25. The molecule has 0 aliphatic carbocycles. The van der Waals surface area contributed by atoms with Crippen molar-refractivity contribution in [2.45, 2.75) is 32.0 Å². The Morgan fingerprint density at radius 2 is 2.08 bits per heavy atom. The standard InChI is InChI=1S/C26H30N8O3/c1-27-26(35)22-10-12-34(30-22)21-7-4-11-33(16-21)15-18-8-9-23(24(14-18)36-2)37-17-19-5-3-6-20(13-19)25-28-31-32-29-25/h3,5-6,8-10,12-14,21H,4,7,11,15-17H2,1-2H3,(H,27,35)(H,28,29,31,32). The number of H-pyrrole nitrogens is 1. The van der Waals surface area contributed by atoms with Crippen LogP contribution in [0.15, 0.2) is 54.7 Å². The first-order valence-electron chi connectivity index (χ1n) is 12.2. The highest BCUT2D eigenvalue weighted by Crippen LogP contribution is 2.31. The van der Waals surface area contributed by atoms with Crippen LogP contribution in [-0.2, 0) is 13.2 Å².